The number of aryl methyl sites for hydroxylation is 1. The lowest BCUT2D eigenvalue weighted by Crippen LogP contribution is -2.23. The highest BCUT2D eigenvalue weighted by molar-refractivity contribution is 5.91. The van der Waals surface area contributed by atoms with Crippen molar-refractivity contribution in [2.75, 3.05) is 28.4 Å². The van der Waals surface area contributed by atoms with Gasteiger partial charge in [-0.25, -0.2) is 0 Å². The summed E-state index contributed by atoms with van der Waals surface area (Å²) in [6, 6.07) is 3.57. The first kappa shape index (κ1) is 18.4. The van der Waals surface area contributed by atoms with E-state index in [0.717, 1.165) is 11.1 Å². The number of carbonyl (C=O) groups excluding carboxylic acids is 1. The van der Waals surface area contributed by atoms with Gasteiger partial charge in [-0.15, -0.1) is 0 Å². The van der Waals surface area contributed by atoms with E-state index in [9.17, 15) is 4.79 Å². The van der Waals surface area contributed by atoms with Crippen molar-refractivity contribution in [3.63, 3.8) is 0 Å². The molecule has 0 N–H and O–H groups in total. The molecule has 0 aliphatic heterocycles. The highest BCUT2D eigenvalue weighted by Crippen LogP contribution is 2.38. The third-order valence-corrected chi connectivity index (χ3v) is 3.66. The Kier molecular flexibility index (Phi) is 6.05. The monoisotopic (exact) mass is 345 g/mol. The second-order valence-corrected chi connectivity index (χ2v) is 5.51. The minimum Gasteiger partial charge on any atom is -0.493 e. The first-order valence-corrected chi connectivity index (χ1v) is 7.69. The Morgan fingerprint density at radius 2 is 1.84 bits per heavy atom. The van der Waals surface area contributed by atoms with Gasteiger partial charge >= 0.3 is 0 Å². The van der Waals surface area contributed by atoms with E-state index in [1.165, 1.54) is 6.08 Å². The normalized spacial score (nSPS) is 10.8. The number of aromatic nitrogens is 2. The summed E-state index contributed by atoms with van der Waals surface area (Å²) in [5, 5.41) is 4.10. The molecule has 1 amide bonds. The first-order chi connectivity index (χ1) is 12.0. The van der Waals surface area contributed by atoms with Gasteiger partial charge in [-0.05, 0) is 23.8 Å². The summed E-state index contributed by atoms with van der Waals surface area (Å²) in [7, 11) is 8.24. The van der Waals surface area contributed by atoms with Crippen molar-refractivity contribution < 1.29 is 19.0 Å². The van der Waals surface area contributed by atoms with Gasteiger partial charge in [-0.2, -0.15) is 5.10 Å². The van der Waals surface area contributed by atoms with Gasteiger partial charge in [-0.3, -0.25) is 9.48 Å². The molecule has 0 radical (unpaired) electrons. The van der Waals surface area contributed by atoms with Crippen LogP contribution in [0.15, 0.2) is 30.6 Å². The molecule has 0 aliphatic carbocycles. The molecule has 25 heavy (non-hydrogen) atoms. The van der Waals surface area contributed by atoms with Crippen LogP contribution < -0.4 is 14.2 Å². The molecule has 0 saturated carbocycles. The molecule has 0 bridgehead atoms. The fourth-order valence-electron chi connectivity index (χ4n) is 2.40. The Hall–Kier alpha value is -2.96. The third kappa shape index (κ3) is 4.53. The zero-order chi connectivity index (χ0) is 18.4. The predicted octanol–water partition coefficient (Wildman–Crippen LogP) is 2.12. The molecular formula is C18H23N3O4. The van der Waals surface area contributed by atoms with Crippen LogP contribution in [0.5, 0.6) is 17.2 Å². The Morgan fingerprint density at radius 1 is 1.20 bits per heavy atom. The lowest BCUT2D eigenvalue weighted by molar-refractivity contribution is -0.125. The van der Waals surface area contributed by atoms with E-state index in [2.05, 4.69) is 5.10 Å². The Morgan fingerprint density at radius 3 is 2.32 bits per heavy atom. The maximum absolute atomic E-state index is 12.3. The number of hydrogen-bond donors (Lipinski definition) is 0. The largest absolute Gasteiger partial charge is 0.493 e. The summed E-state index contributed by atoms with van der Waals surface area (Å²) in [5.41, 5.74) is 1.75. The zero-order valence-corrected chi connectivity index (χ0v) is 15.1. The van der Waals surface area contributed by atoms with Crippen LogP contribution >= 0.6 is 0 Å². The van der Waals surface area contributed by atoms with Gasteiger partial charge in [0.25, 0.3) is 0 Å². The van der Waals surface area contributed by atoms with E-state index in [4.69, 9.17) is 14.2 Å². The molecule has 1 aromatic carbocycles. The van der Waals surface area contributed by atoms with Crippen LogP contribution in [0.1, 0.15) is 11.1 Å². The van der Waals surface area contributed by atoms with E-state index in [-0.39, 0.29) is 5.91 Å². The molecule has 2 aromatic rings. The highest BCUT2D eigenvalue weighted by atomic mass is 16.5. The van der Waals surface area contributed by atoms with Gasteiger partial charge in [0.2, 0.25) is 11.7 Å². The second-order valence-electron chi connectivity index (χ2n) is 5.51. The third-order valence-electron chi connectivity index (χ3n) is 3.66. The van der Waals surface area contributed by atoms with E-state index in [1.54, 1.807) is 62.4 Å². The van der Waals surface area contributed by atoms with Crippen molar-refractivity contribution >= 4 is 12.0 Å². The van der Waals surface area contributed by atoms with Crippen LogP contribution in [-0.2, 0) is 18.4 Å². The Labute approximate surface area is 147 Å². The zero-order valence-electron chi connectivity index (χ0n) is 15.1. The molecule has 1 heterocycles. The Balaban J connectivity index is 2.13. The number of hydrogen-bond acceptors (Lipinski definition) is 5. The topological polar surface area (TPSA) is 65.8 Å². The molecule has 2 rings (SSSR count). The average molecular weight is 345 g/mol. The summed E-state index contributed by atoms with van der Waals surface area (Å²) in [6.45, 7) is 0.492. The molecule has 7 nitrogen and oxygen atoms in total. The summed E-state index contributed by atoms with van der Waals surface area (Å²) in [5.74, 6) is 1.48. The van der Waals surface area contributed by atoms with E-state index in [0.29, 0.717) is 23.8 Å². The van der Waals surface area contributed by atoms with Gasteiger partial charge < -0.3 is 19.1 Å². The van der Waals surface area contributed by atoms with E-state index < -0.39 is 0 Å². The molecule has 0 atom stereocenters. The van der Waals surface area contributed by atoms with Gasteiger partial charge in [-0.1, -0.05) is 0 Å². The fraction of sp³-hybridized carbons (Fsp3) is 0.333. The smallest absolute Gasteiger partial charge is 0.246 e. The van der Waals surface area contributed by atoms with Crippen LogP contribution in [0, 0.1) is 0 Å². The van der Waals surface area contributed by atoms with Gasteiger partial charge in [0.05, 0.1) is 27.5 Å². The van der Waals surface area contributed by atoms with Gasteiger partial charge in [0.15, 0.2) is 11.5 Å². The molecule has 1 aromatic heterocycles. The minimum absolute atomic E-state index is 0.113. The average Bonchev–Trinajstić information content (AvgIpc) is 3.03. The van der Waals surface area contributed by atoms with E-state index in [1.807, 2.05) is 13.2 Å². The van der Waals surface area contributed by atoms with Crippen molar-refractivity contribution in [2.24, 2.45) is 7.05 Å². The number of amides is 1. The summed E-state index contributed by atoms with van der Waals surface area (Å²) in [4.78, 5) is 13.9. The van der Waals surface area contributed by atoms with Crippen LogP contribution in [0.25, 0.3) is 6.08 Å². The van der Waals surface area contributed by atoms with Crippen molar-refractivity contribution in [2.45, 2.75) is 6.54 Å². The summed E-state index contributed by atoms with van der Waals surface area (Å²) >= 11 is 0. The van der Waals surface area contributed by atoms with Crippen LogP contribution in [0.4, 0.5) is 0 Å². The highest BCUT2D eigenvalue weighted by Gasteiger charge is 2.12. The minimum atomic E-state index is -0.113. The molecule has 134 valence electrons. The molecule has 0 spiro atoms. The molecule has 7 heteroatoms. The number of benzene rings is 1. The molecular weight excluding hydrogens is 322 g/mol. The van der Waals surface area contributed by atoms with Gasteiger partial charge in [0.1, 0.15) is 0 Å². The number of likely N-dealkylation sites (N-methyl/N-ethyl adjacent to an activating group) is 1. The van der Waals surface area contributed by atoms with Crippen molar-refractivity contribution in [1.29, 1.82) is 0 Å². The molecule has 0 unspecified atom stereocenters. The molecule has 0 fully saturated rings. The van der Waals surface area contributed by atoms with Crippen LogP contribution in [0.2, 0.25) is 0 Å². The summed E-state index contributed by atoms with van der Waals surface area (Å²) in [6.07, 6.45) is 6.85. The van der Waals surface area contributed by atoms with Crippen molar-refractivity contribution in [3.8, 4) is 17.2 Å². The van der Waals surface area contributed by atoms with Crippen molar-refractivity contribution in [1.82, 2.24) is 14.7 Å². The maximum Gasteiger partial charge on any atom is 0.246 e. The standard InChI is InChI=1S/C18H23N3O4/c1-20(11-14-10-19-21(2)12-14)17(22)7-6-13-8-15(23-3)18(25-5)16(9-13)24-4/h6-10,12H,11H2,1-5H3/b7-6+. The quantitative estimate of drug-likeness (QED) is 0.719. The lowest BCUT2D eigenvalue weighted by atomic mass is 10.1. The number of methoxy groups -OCH3 is 3. The van der Waals surface area contributed by atoms with Crippen molar-refractivity contribution in [3.05, 3.63) is 41.7 Å². The fourth-order valence-corrected chi connectivity index (χ4v) is 2.40. The lowest BCUT2D eigenvalue weighted by Gasteiger charge is -2.14. The van der Waals surface area contributed by atoms with E-state index >= 15 is 0 Å². The molecule has 0 aliphatic rings. The van der Waals surface area contributed by atoms with Crippen LogP contribution in [-0.4, -0.2) is 49.0 Å². The SMILES string of the molecule is COc1cc(/C=C/C(=O)N(C)Cc2cnn(C)c2)cc(OC)c1OC. The number of nitrogens with zero attached hydrogens (tertiary/aromatic N) is 3. The first-order valence-electron chi connectivity index (χ1n) is 7.69. The number of ether oxygens (including phenoxy) is 3. The predicted molar refractivity (Wildman–Crippen MR) is 94.8 cm³/mol. The Bertz CT molecular complexity index is 742. The molecule has 0 saturated heterocycles. The summed E-state index contributed by atoms with van der Waals surface area (Å²) < 4.78 is 17.6. The maximum atomic E-state index is 12.3. The van der Waals surface area contributed by atoms with Gasteiger partial charge in [0, 0.05) is 38.5 Å². The number of rotatable bonds is 7. The number of carbonyl (C=O) groups is 1. The second kappa shape index (κ2) is 8.23. The van der Waals surface area contributed by atoms with Crippen LogP contribution in [0.3, 0.4) is 0 Å².